The van der Waals surface area contributed by atoms with Crippen LogP contribution in [0, 0.1) is 5.92 Å². The van der Waals surface area contributed by atoms with Crippen molar-refractivity contribution in [3.05, 3.63) is 11.2 Å². The summed E-state index contributed by atoms with van der Waals surface area (Å²) >= 11 is 2.70. The standard InChI is InChI=1S/C10H14N2O4S3/c13-9(14)8-10(18-6-11-8)19(15,16)12-5-7-1-3-17-4-2-7/h6-7,12H,1-5H2,(H,13,14). The van der Waals surface area contributed by atoms with Crippen molar-refractivity contribution in [3.8, 4) is 0 Å². The lowest BCUT2D eigenvalue weighted by atomic mass is 10.0. The molecule has 1 saturated heterocycles. The highest BCUT2D eigenvalue weighted by atomic mass is 32.2. The van der Waals surface area contributed by atoms with Crippen LogP contribution in [-0.4, -0.2) is 42.5 Å². The third-order valence-electron chi connectivity index (χ3n) is 2.88. The zero-order chi connectivity index (χ0) is 13.9. The Hall–Kier alpha value is -0.640. The molecule has 1 aliphatic rings. The van der Waals surface area contributed by atoms with Crippen molar-refractivity contribution in [1.29, 1.82) is 0 Å². The molecule has 106 valence electrons. The van der Waals surface area contributed by atoms with Gasteiger partial charge in [-0.15, -0.1) is 11.3 Å². The maximum atomic E-state index is 12.1. The topological polar surface area (TPSA) is 96.4 Å². The molecule has 0 aliphatic carbocycles. The van der Waals surface area contributed by atoms with Crippen LogP contribution in [0.5, 0.6) is 0 Å². The number of carboxylic acids is 1. The van der Waals surface area contributed by atoms with E-state index < -0.39 is 21.7 Å². The number of nitrogens with one attached hydrogen (secondary N) is 1. The van der Waals surface area contributed by atoms with Crippen LogP contribution in [0.1, 0.15) is 23.3 Å². The highest BCUT2D eigenvalue weighted by Gasteiger charge is 2.26. The third kappa shape index (κ3) is 3.68. The van der Waals surface area contributed by atoms with E-state index in [1.54, 1.807) is 0 Å². The lowest BCUT2D eigenvalue weighted by molar-refractivity contribution is 0.0687. The Morgan fingerprint density at radius 1 is 1.47 bits per heavy atom. The zero-order valence-electron chi connectivity index (χ0n) is 10.0. The van der Waals surface area contributed by atoms with Gasteiger partial charge in [-0.05, 0) is 30.3 Å². The summed E-state index contributed by atoms with van der Waals surface area (Å²) in [7, 11) is -3.77. The summed E-state index contributed by atoms with van der Waals surface area (Å²) in [5.74, 6) is 1.11. The van der Waals surface area contributed by atoms with Crippen LogP contribution in [0.25, 0.3) is 0 Å². The molecule has 0 atom stereocenters. The number of carboxylic acid groups (broad SMARTS) is 1. The van der Waals surface area contributed by atoms with E-state index in [2.05, 4.69) is 9.71 Å². The smallest absolute Gasteiger partial charge is 0.356 e. The number of carbonyl (C=O) groups is 1. The molecule has 0 saturated carbocycles. The predicted molar refractivity (Wildman–Crippen MR) is 74.3 cm³/mol. The van der Waals surface area contributed by atoms with E-state index in [0.29, 0.717) is 12.5 Å². The van der Waals surface area contributed by atoms with Crippen LogP contribution in [-0.2, 0) is 10.0 Å². The largest absolute Gasteiger partial charge is 0.476 e. The van der Waals surface area contributed by atoms with Crippen LogP contribution < -0.4 is 4.72 Å². The van der Waals surface area contributed by atoms with Crippen LogP contribution in [0.2, 0.25) is 0 Å². The summed E-state index contributed by atoms with van der Waals surface area (Å²) in [6, 6.07) is 0. The average Bonchev–Trinajstić information content (AvgIpc) is 2.88. The van der Waals surface area contributed by atoms with Crippen LogP contribution in [0.3, 0.4) is 0 Å². The van der Waals surface area contributed by atoms with Crippen molar-refractivity contribution >= 4 is 39.1 Å². The maximum absolute atomic E-state index is 12.1. The number of aromatic nitrogens is 1. The molecule has 0 unspecified atom stereocenters. The SMILES string of the molecule is O=C(O)c1ncsc1S(=O)(=O)NCC1CCSCC1. The number of thioether (sulfide) groups is 1. The predicted octanol–water partition coefficient (Wildman–Crippen LogP) is 1.26. The number of nitrogens with zero attached hydrogens (tertiary/aromatic N) is 1. The van der Waals surface area contributed by atoms with Gasteiger partial charge in [-0.1, -0.05) is 0 Å². The van der Waals surface area contributed by atoms with Gasteiger partial charge in [0.2, 0.25) is 0 Å². The van der Waals surface area contributed by atoms with E-state index in [4.69, 9.17) is 5.11 Å². The average molecular weight is 322 g/mol. The Morgan fingerprint density at radius 2 is 2.16 bits per heavy atom. The Labute approximate surface area is 119 Å². The van der Waals surface area contributed by atoms with Crippen molar-refractivity contribution in [2.45, 2.75) is 17.1 Å². The zero-order valence-corrected chi connectivity index (χ0v) is 12.5. The van der Waals surface area contributed by atoms with Gasteiger partial charge < -0.3 is 5.11 Å². The van der Waals surface area contributed by atoms with Gasteiger partial charge in [0.15, 0.2) is 9.90 Å². The van der Waals surface area contributed by atoms with E-state index in [9.17, 15) is 13.2 Å². The summed E-state index contributed by atoms with van der Waals surface area (Å²) in [5, 5.41) is 8.88. The van der Waals surface area contributed by atoms with E-state index in [-0.39, 0.29) is 4.21 Å². The van der Waals surface area contributed by atoms with Gasteiger partial charge in [-0.3, -0.25) is 0 Å². The lowest BCUT2D eigenvalue weighted by Gasteiger charge is -2.21. The second-order valence-corrected chi connectivity index (χ2v) is 8.24. The molecule has 1 aromatic rings. The van der Waals surface area contributed by atoms with Crippen molar-refractivity contribution in [2.75, 3.05) is 18.1 Å². The van der Waals surface area contributed by atoms with Gasteiger partial charge in [0.05, 0.1) is 5.51 Å². The minimum absolute atomic E-state index is 0.217. The van der Waals surface area contributed by atoms with Crippen molar-refractivity contribution < 1.29 is 18.3 Å². The molecule has 2 N–H and O–H groups in total. The van der Waals surface area contributed by atoms with Crippen molar-refractivity contribution in [2.24, 2.45) is 5.92 Å². The molecule has 0 radical (unpaired) electrons. The molecule has 1 fully saturated rings. The van der Waals surface area contributed by atoms with Gasteiger partial charge in [0, 0.05) is 6.54 Å². The Bertz CT molecular complexity index is 549. The van der Waals surface area contributed by atoms with E-state index in [1.165, 1.54) is 5.51 Å². The maximum Gasteiger partial charge on any atom is 0.356 e. The van der Waals surface area contributed by atoms with E-state index >= 15 is 0 Å². The minimum Gasteiger partial charge on any atom is -0.476 e. The van der Waals surface area contributed by atoms with E-state index in [1.807, 2.05) is 11.8 Å². The van der Waals surface area contributed by atoms with Crippen molar-refractivity contribution in [3.63, 3.8) is 0 Å². The van der Waals surface area contributed by atoms with Gasteiger partial charge in [-0.2, -0.15) is 11.8 Å². The number of sulfonamides is 1. The first-order valence-corrected chi connectivity index (χ1v) is 9.26. The summed E-state index contributed by atoms with van der Waals surface area (Å²) in [5.41, 5.74) is 0.826. The number of thiazole rings is 1. The molecule has 0 aromatic carbocycles. The fourth-order valence-electron chi connectivity index (χ4n) is 1.81. The molecular formula is C10H14N2O4S3. The quantitative estimate of drug-likeness (QED) is 0.847. The first-order valence-electron chi connectivity index (χ1n) is 5.75. The molecule has 9 heteroatoms. The van der Waals surface area contributed by atoms with Gasteiger partial charge in [0.25, 0.3) is 10.0 Å². The van der Waals surface area contributed by atoms with Crippen LogP contribution in [0.4, 0.5) is 0 Å². The molecular weight excluding hydrogens is 308 g/mol. The Balaban J connectivity index is 2.05. The second kappa shape index (κ2) is 6.21. The Kier molecular flexibility index (Phi) is 4.82. The highest BCUT2D eigenvalue weighted by Crippen LogP contribution is 2.24. The first-order chi connectivity index (χ1) is 9.00. The monoisotopic (exact) mass is 322 g/mol. The third-order valence-corrected chi connectivity index (χ3v) is 6.73. The second-order valence-electron chi connectivity index (χ2n) is 4.20. The summed E-state index contributed by atoms with van der Waals surface area (Å²) < 4.78 is 26.4. The number of aromatic carboxylic acids is 1. The molecule has 1 aromatic heterocycles. The fraction of sp³-hybridized carbons (Fsp3) is 0.600. The van der Waals surface area contributed by atoms with Crippen molar-refractivity contribution in [1.82, 2.24) is 9.71 Å². The van der Waals surface area contributed by atoms with Crippen LogP contribution >= 0.6 is 23.1 Å². The normalized spacial score (nSPS) is 17.5. The van der Waals surface area contributed by atoms with E-state index in [0.717, 1.165) is 35.7 Å². The molecule has 0 spiro atoms. The lowest BCUT2D eigenvalue weighted by Crippen LogP contribution is -2.31. The van der Waals surface area contributed by atoms with Gasteiger partial charge in [0.1, 0.15) is 0 Å². The molecule has 2 heterocycles. The van der Waals surface area contributed by atoms with Gasteiger partial charge in [-0.25, -0.2) is 22.9 Å². The molecule has 2 rings (SSSR count). The Morgan fingerprint density at radius 3 is 2.79 bits per heavy atom. The van der Waals surface area contributed by atoms with Crippen LogP contribution in [0.15, 0.2) is 9.72 Å². The molecule has 19 heavy (non-hydrogen) atoms. The number of hydrogen-bond acceptors (Lipinski definition) is 6. The summed E-state index contributed by atoms with van der Waals surface area (Å²) in [6.45, 7) is 0.361. The number of rotatable bonds is 5. The molecule has 6 nitrogen and oxygen atoms in total. The highest BCUT2D eigenvalue weighted by molar-refractivity contribution is 7.99. The molecule has 1 aliphatic heterocycles. The fourth-order valence-corrected chi connectivity index (χ4v) is 5.32. The minimum atomic E-state index is -3.77. The molecule has 0 amide bonds. The van der Waals surface area contributed by atoms with Gasteiger partial charge >= 0.3 is 5.97 Å². The molecule has 0 bridgehead atoms. The summed E-state index contributed by atoms with van der Waals surface area (Å²) in [4.78, 5) is 14.5. The first kappa shape index (κ1) is 14.8. The summed E-state index contributed by atoms with van der Waals surface area (Å²) in [6.07, 6.45) is 1.98. The number of hydrogen-bond donors (Lipinski definition) is 2.